The highest BCUT2D eigenvalue weighted by atomic mass is 35.5. The highest BCUT2D eigenvalue weighted by molar-refractivity contribution is 7.94. The Morgan fingerprint density at radius 3 is 2.56 bits per heavy atom. The Labute approximate surface area is 96.7 Å². The van der Waals surface area contributed by atoms with Crippen molar-refractivity contribution in [2.45, 2.75) is 6.42 Å². The Balaban J connectivity index is 2.52. The summed E-state index contributed by atoms with van der Waals surface area (Å²) in [5.41, 5.74) is 0.0777. The number of hydrogen-bond donors (Lipinski definition) is 0. The fourth-order valence-corrected chi connectivity index (χ4v) is 3.11. The average Bonchev–Trinajstić information content (AvgIpc) is 2.46. The zero-order valence-corrected chi connectivity index (χ0v) is 9.55. The monoisotopic (exact) mass is 263 g/mol. The molecule has 1 amide bonds. The molecule has 1 aliphatic heterocycles. The number of rotatable bonds is 1. The van der Waals surface area contributed by atoms with Gasteiger partial charge in [0.1, 0.15) is 5.82 Å². The Morgan fingerprint density at radius 1 is 1.38 bits per heavy atom. The SMILES string of the molecule is O=C1CCS(=O)(=O)N1c1ccc(F)c(Cl)c1. The summed E-state index contributed by atoms with van der Waals surface area (Å²) in [6.07, 6.45) is -0.0582. The molecule has 1 aliphatic rings. The molecule has 0 N–H and O–H groups in total. The van der Waals surface area contributed by atoms with Crippen molar-refractivity contribution in [3.8, 4) is 0 Å². The first-order chi connectivity index (χ1) is 7.42. The second-order valence-corrected chi connectivity index (χ2v) is 5.67. The van der Waals surface area contributed by atoms with Crippen molar-refractivity contribution in [2.24, 2.45) is 0 Å². The molecule has 2 rings (SSSR count). The lowest BCUT2D eigenvalue weighted by Crippen LogP contribution is -2.29. The molecule has 0 atom stereocenters. The summed E-state index contributed by atoms with van der Waals surface area (Å²) in [5, 5.41) is -0.215. The number of nitrogens with zero attached hydrogens (tertiary/aromatic N) is 1. The first kappa shape index (κ1) is 11.3. The van der Waals surface area contributed by atoms with Crippen LogP contribution in [0.4, 0.5) is 10.1 Å². The van der Waals surface area contributed by atoms with Gasteiger partial charge in [0, 0.05) is 6.42 Å². The molecule has 1 aromatic carbocycles. The summed E-state index contributed by atoms with van der Waals surface area (Å²) in [4.78, 5) is 11.4. The fraction of sp³-hybridized carbons (Fsp3) is 0.222. The molecule has 16 heavy (non-hydrogen) atoms. The molecule has 0 spiro atoms. The third-order valence-electron chi connectivity index (χ3n) is 2.22. The van der Waals surface area contributed by atoms with Crippen LogP contribution in [0.25, 0.3) is 0 Å². The van der Waals surface area contributed by atoms with Gasteiger partial charge in [0.05, 0.1) is 16.5 Å². The molecule has 1 fully saturated rings. The number of carbonyl (C=O) groups is 1. The third-order valence-corrected chi connectivity index (χ3v) is 4.20. The van der Waals surface area contributed by atoms with Gasteiger partial charge in [-0.15, -0.1) is 0 Å². The van der Waals surface area contributed by atoms with Crippen LogP contribution in [0.2, 0.25) is 5.02 Å². The van der Waals surface area contributed by atoms with Crippen LogP contribution >= 0.6 is 11.6 Å². The van der Waals surface area contributed by atoms with E-state index < -0.39 is 21.7 Å². The second-order valence-electron chi connectivity index (χ2n) is 3.32. The number of amides is 1. The second kappa shape index (κ2) is 3.71. The van der Waals surface area contributed by atoms with Gasteiger partial charge in [0.15, 0.2) is 0 Å². The van der Waals surface area contributed by atoms with E-state index in [9.17, 15) is 17.6 Å². The van der Waals surface area contributed by atoms with E-state index in [1.807, 2.05) is 0 Å². The molecule has 0 unspecified atom stereocenters. The fourth-order valence-electron chi connectivity index (χ4n) is 1.48. The van der Waals surface area contributed by atoms with Crippen molar-refractivity contribution >= 4 is 33.2 Å². The smallest absolute Gasteiger partial charge is 0.242 e. The Hall–Kier alpha value is -1.14. The van der Waals surface area contributed by atoms with Gasteiger partial charge in [-0.25, -0.2) is 17.1 Å². The van der Waals surface area contributed by atoms with Crippen molar-refractivity contribution < 1.29 is 17.6 Å². The van der Waals surface area contributed by atoms with E-state index in [0.717, 1.165) is 12.1 Å². The van der Waals surface area contributed by atoms with E-state index in [-0.39, 0.29) is 22.9 Å². The minimum atomic E-state index is -3.62. The molecule has 0 aliphatic carbocycles. The number of carbonyl (C=O) groups excluding carboxylic acids is 1. The molecule has 0 bridgehead atoms. The van der Waals surface area contributed by atoms with Crippen LogP contribution in [0.1, 0.15) is 6.42 Å². The first-order valence-electron chi connectivity index (χ1n) is 4.43. The van der Waals surface area contributed by atoms with Crippen molar-refractivity contribution in [2.75, 3.05) is 10.1 Å². The van der Waals surface area contributed by atoms with Crippen LogP contribution in [0.15, 0.2) is 18.2 Å². The normalized spacial score (nSPS) is 19.1. The molecule has 1 aromatic rings. The molecular formula is C9H7ClFNO3S. The summed E-state index contributed by atoms with van der Waals surface area (Å²) < 4.78 is 36.6. The maximum Gasteiger partial charge on any atom is 0.242 e. The van der Waals surface area contributed by atoms with Crippen molar-refractivity contribution in [3.05, 3.63) is 29.0 Å². The van der Waals surface area contributed by atoms with Crippen molar-refractivity contribution in [3.63, 3.8) is 0 Å². The third kappa shape index (κ3) is 1.78. The number of sulfonamides is 1. The minimum absolute atomic E-state index is 0.0582. The van der Waals surface area contributed by atoms with Gasteiger partial charge in [-0.3, -0.25) is 4.79 Å². The van der Waals surface area contributed by atoms with E-state index in [1.165, 1.54) is 6.07 Å². The highest BCUT2D eigenvalue weighted by Crippen LogP contribution is 2.28. The van der Waals surface area contributed by atoms with Crippen LogP contribution < -0.4 is 4.31 Å². The minimum Gasteiger partial charge on any atom is -0.273 e. The number of hydrogen-bond acceptors (Lipinski definition) is 3. The van der Waals surface area contributed by atoms with Gasteiger partial charge < -0.3 is 0 Å². The average molecular weight is 264 g/mol. The number of benzene rings is 1. The molecule has 86 valence electrons. The summed E-state index contributed by atoms with van der Waals surface area (Å²) in [6, 6.07) is 3.36. The lowest BCUT2D eigenvalue weighted by atomic mass is 10.3. The maximum absolute atomic E-state index is 12.9. The predicted octanol–water partition coefficient (Wildman–Crippen LogP) is 1.55. The number of anilines is 1. The van der Waals surface area contributed by atoms with Gasteiger partial charge in [-0.05, 0) is 18.2 Å². The Bertz CT molecular complexity index is 558. The summed E-state index contributed by atoms with van der Waals surface area (Å²) >= 11 is 5.53. The number of halogens is 2. The molecule has 1 saturated heterocycles. The van der Waals surface area contributed by atoms with E-state index in [1.54, 1.807) is 0 Å². The molecule has 0 saturated carbocycles. The van der Waals surface area contributed by atoms with Crippen molar-refractivity contribution in [1.82, 2.24) is 0 Å². The topological polar surface area (TPSA) is 54.5 Å². The van der Waals surface area contributed by atoms with E-state index in [4.69, 9.17) is 11.6 Å². The zero-order chi connectivity index (χ0) is 11.9. The quantitative estimate of drug-likeness (QED) is 0.772. The molecular weight excluding hydrogens is 257 g/mol. The molecule has 1 heterocycles. The largest absolute Gasteiger partial charge is 0.273 e. The van der Waals surface area contributed by atoms with Crippen LogP contribution in [0.5, 0.6) is 0 Å². The van der Waals surface area contributed by atoms with Gasteiger partial charge >= 0.3 is 0 Å². The highest BCUT2D eigenvalue weighted by Gasteiger charge is 2.36. The lowest BCUT2D eigenvalue weighted by Gasteiger charge is -2.14. The van der Waals surface area contributed by atoms with Crippen LogP contribution in [-0.2, 0) is 14.8 Å². The van der Waals surface area contributed by atoms with Gasteiger partial charge in [-0.1, -0.05) is 11.6 Å². The van der Waals surface area contributed by atoms with Crippen molar-refractivity contribution in [1.29, 1.82) is 0 Å². The molecule has 4 nitrogen and oxygen atoms in total. The van der Waals surface area contributed by atoms with E-state index in [0.29, 0.717) is 4.31 Å². The Morgan fingerprint density at radius 2 is 2.06 bits per heavy atom. The first-order valence-corrected chi connectivity index (χ1v) is 6.41. The summed E-state index contributed by atoms with van der Waals surface area (Å²) in [6.45, 7) is 0. The maximum atomic E-state index is 12.9. The Kier molecular flexibility index (Phi) is 2.63. The molecule has 7 heteroatoms. The zero-order valence-electron chi connectivity index (χ0n) is 7.98. The van der Waals surface area contributed by atoms with Crippen LogP contribution in [0, 0.1) is 5.82 Å². The molecule has 0 aromatic heterocycles. The molecule has 0 radical (unpaired) electrons. The summed E-state index contributed by atoms with van der Waals surface area (Å²) in [7, 11) is -3.62. The summed E-state index contributed by atoms with van der Waals surface area (Å²) in [5.74, 6) is -1.40. The van der Waals surface area contributed by atoms with Gasteiger partial charge in [0.25, 0.3) is 0 Å². The van der Waals surface area contributed by atoms with Gasteiger partial charge in [0.2, 0.25) is 15.9 Å². The van der Waals surface area contributed by atoms with Crippen LogP contribution in [-0.4, -0.2) is 20.1 Å². The standard InChI is InChI=1S/C9H7ClFNO3S/c10-7-5-6(1-2-8(7)11)12-9(13)3-4-16(12,14)15/h1-2,5H,3-4H2. The predicted molar refractivity (Wildman–Crippen MR) is 57.3 cm³/mol. The van der Waals surface area contributed by atoms with E-state index >= 15 is 0 Å². The lowest BCUT2D eigenvalue weighted by molar-refractivity contribution is -0.116. The van der Waals surface area contributed by atoms with Gasteiger partial charge in [-0.2, -0.15) is 0 Å². The van der Waals surface area contributed by atoms with E-state index in [2.05, 4.69) is 0 Å². The van der Waals surface area contributed by atoms with Crippen LogP contribution in [0.3, 0.4) is 0 Å².